The summed E-state index contributed by atoms with van der Waals surface area (Å²) < 4.78 is 0. The molecule has 0 bridgehead atoms. The number of hydrogen-bond donors (Lipinski definition) is 1. The van der Waals surface area contributed by atoms with Crippen molar-refractivity contribution >= 4 is 28.4 Å². The van der Waals surface area contributed by atoms with Crippen LogP contribution in [0.1, 0.15) is 54.9 Å². The molecule has 3 nitrogen and oxygen atoms in total. The van der Waals surface area contributed by atoms with Crippen molar-refractivity contribution in [1.82, 2.24) is 10.3 Å². The van der Waals surface area contributed by atoms with Gasteiger partial charge in [0.1, 0.15) is 0 Å². The molecule has 4 heteroatoms. The van der Waals surface area contributed by atoms with E-state index in [1.807, 2.05) is 55.5 Å². The normalized spacial score (nSPS) is 16.0. The SMILES string of the molecule is Cc1c(-c2ccccc2)nc2cc(Cl)ccc2c1C(=O)N[C@@H](C)C1CCCCC1. The van der Waals surface area contributed by atoms with Crippen molar-refractivity contribution in [2.45, 2.75) is 52.0 Å². The molecular formula is C25H27ClN2O. The van der Waals surface area contributed by atoms with Gasteiger partial charge in [0.05, 0.1) is 16.8 Å². The molecule has 0 unspecified atom stereocenters. The number of fused-ring (bicyclic) bond motifs is 1. The molecule has 3 aromatic rings. The molecule has 1 aliphatic carbocycles. The predicted molar refractivity (Wildman–Crippen MR) is 120 cm³/mol. The monoisotopic (exact) mass is 406 g/mol. The molecule has 0 spiro atoms. The van der Waals surface area contributed by atoms with Crippen LogP contribution >= 0.6 is 11.6 Å². The highest BCUT2D eigenvalue weighted by molar-refractivity contribution is 6.31. The molecule has 1 aliphatic rings. The maximum absolute atomic E-state index is 13.4. The van der Waals surface area contributed by atoms with Crippen LogP contribution in [0.3, 0.4) is 0 Å². The van der Waals surface area contributed by atoms with Gasteiger partial charge < -0.3 is 5.32 Å². The Labute approximate surface area is 177 Å². The second-order valence-electron chi connectivity index (χ2n) is 8.15. The molecule has 0 aliphatic heterocycles. The predicted octanol–water partition coefficient (Wildman–Crippen LogP) is 6.56. The van der Waals surface area contributed by atoms with Crippen molar-refractivity contribution in [2.24, 2.45) is 5.92 Å². The number of rotatable bonds is 4. The fourth-order valence-electron chi connectivity index (χ4n) is 4.53. The van der Waals surface area contributed by atoms with Crippen LogP contribution < -0.4 is 5.32 Å². The minimum atomic E-state index is -0.0209. The van der Waals surface area contributed by atoms with E-state index in [-0.39, 0.29) is 11.9 Å². The third-order valence-corrected chi connectivity index (χ3v) is 6.42. The number of aromatic nitrogens is 1. The van der Waals surface area contributed by atoms with Crippen LogP contribution in [-0.2, 0) is 0 Å². The summed E-state index contributed by atoms with van der Waals surface area (Å²) in [4.78, 5) is 18.3. The molecule has 0 radical (unpaired) electrons. The quantitative estimate of drug-likeness (QED) is 0.532. The highest BCUT2D eigenvalue weighted by Crippen LogP contribution is 2.32. The van der Waals surface area contributed by atoms with Crippen LogP contribution in [0.4, 0.5) is 0 Å². The van der Waals surface area contributed by atoms with Gasteiger partial charge in [-0.05, 0) is 50.3 Å². The number of benzene rings is 2. The summed E-state index contributed by atoms with van der Waals surface area (Å²) in [6.45, 7) is 4.13. The lowest BCUT2D eigenvalue weighted by Gasteiger charge is -2.28. The molecule has 150 valence electrons. The molecule has 1 saturated carbocycles. The summed E-state index contributed by atoms with van der Waals surface area (Å²) in [6, 6.07) is 15.8. The van der Waals surface area contributed by atoms with Gasteiger partial charge in [-0.2, -0.15) is 0 Å². The smallest absolute Gasteiger partial charge is 0.252 e. The number of halogens is 1. The molecule has 1 atom stereocenters. The first-order valence-corrected chi connectivity index (χ1v) is 10.9. The number of carbonyl (C=O) groups is 1. The standard InChI is InChI=1S/C25H27ClN2O/c1-16-23(25(29)27-17(2)18-9-5-3-6-10-18)21-14-13-20(26)15-22(21)28-24(16)19-11-7-4-8-12-19/h4,7-8,11-15,17-18H,3,5-6,9-10H2,1-2H3,(H,27,29)/t17-/m0/s1. The number of carbonyl (C=O) groups excluding carboxylic acids is 1. The van der Waals surface area contributed by atoms with Gasteiger partial charge in [-0.1, -0.05) is 67.3 Å². The molecule has 1 N–H and O–H groups in total. The lowest BCUT2D eigenvalue weighted by atomic mass is 9.84. The average Bonchev–Trinajstić information content (AvgIpc) is 2.74. The number of amides is 1. The Morgan fingerprint density at radius 1 is 1.10 bits per heavy atom. The fourth-order valence-corrected chi connectivity index (χ4v) is 4.70. The van der Waals surface area contributed by atoms with E-state index >= 15 is 0 Å². The zero-order valence-electron chi connectivity index (χ0n) is 17.0. The number of nitrogens with one attached hydrogen (secondary N) is 1. The molecule has 1 heterocycles. The lowest BCUT2D eigenvalue weighted by molar-refractivity contribution is 0.0920. The zero-order valence-corrected chi connectivity index (χ0v) is 17.8. The molecule has 1 aromatic heterocycles. The van der Waals surface area contributed by atoms with Gasteiger partial charge in [-0.25, -0.2) is 4.98 Å². The van der Waals surface area contributed by atoms with Crippen LogP contribution in [0.5, 0.6) is 0 Å². The van der Waals surface area contributed by atoms with E-state index in [0.717, 1.165) is 27.7 Å². The van der Waals surface area contributed by atoms with Gasteiger partial charge in [0.25, 0.3) is 5.91 Å². The summed E-state index contributed by atoms with van der Waals surface area (Å²) in [5.41, 5.74) is 4.18. The Balaban J connectivity index is 1.77. The third kappa shape index (κ3) is 4.16. The molecule has 4 rings (SSSR count). The Hall–Kier alpha value is -2.39. The van der Waals surface area contributed by atoms with Gasteiger partial charge in [0.15, 0.2) is 0 Å². The molecule has 29 heavy (non-hydrogen) atoms. The van der Waals surface area contributed by atoms with Crippen molar-refractivity contribution in [3.8, 4) is 11.3 Å². The Morgan fingerprint density at radius 3 is 2.55 bits per heavy atom. The van der Waals surface area contributed by atoms with Gasteiger partial charge in [-0.15, -0.1) is 0 Å². The summed E-state index contributed by atoms with van der Waals surface area (Å²) in [5.74, 6) is 0.539. The van der Waals surface area contributed by atoms with E-state index in [4.69, 9.17) is 16.6 Å². The highest BCUT2D eigenvalue weighted by atomic mass is 35.5. The van der Waals surface area contributed by atoms with Crippen LogP contribution in [0.2, 0.25) is 5.02 Å². The van der Waals surface area contributed by atoms with E-state index in [9.17, 15) is 4.79 Å². The van der Waals surface area contributed by atoms with Crippen LogP contribution in [-0.4, -0.2) is 16.9 Å². The second kappa shape index (κ2) is 8.54. The number of hydrogen-bond acceptors (Lipinski definition) is 2. The summed E-state index contributed by atoms with van der Waals surface area (Å²) in [6.07, 6.45) is 6.23. The minimum absolute atomic E-state index is 0.0209. The minimum Gasteiger partial charge on any atom is -0.349 e. The van der Waals surface area contributed by atoms with Crippen molar-refractivity contribution in [2.75, 3.05) is 0 Å². The van der Waals surface area contributed by atoms with E-state index in [2.05, 4.69) is 12.2 Å². The van der Waals surface area contributed by atoms with E-state index in [1.54, 1.807) is 0 Å². The van der Waals surface area contributed by atoms with Crippen LogP contribution in [0.15, 0.2) is 48.5 Å². The van der Waals surface area contributed by atoms with Gasteiger partial charge in [0.2, 0.25) is 0 Å². The third-order valence-electron chi connectivity index (χ3n) is 6.18. The molecule has 1 fully saturated rings. The number of pyridine rings is 1. The molecule has 1 amide bonds. The first kappa shape index (κ1) is 19.9. The maximum Gasteiger partial charge on any atom is 0.252 e. The summed E-state index contributed by atoms with van der Waals surface area (Å²) in [5, 5.41) is 4.76. The van der Waals surface area contributed by atoms with Crippen molar-refractivity contribution in [3.05, 3.63) is 64.7 Å². The first-order valence-electron chi connectivity index (χ1n) is 10.5. The van der Waals surface area contributed by atoms with Crippen molar-refractivity contribution in [1.29, 1.82) is 0 Å². The van der Waals surface area contributed by atoms with Crippen LogP contribution in [0, 0.1) is 12.8 Å². The molecular weight excluding hydrogens is 380 g/mol. The van der Waals surface area contributed by atoms with Gasteiger partial charge in [0, 0.05) is 22.0 Å². The van der Waals surface area contributed by atoms with Crippen molar-refractivity contribution in [3.63, 3.8) is 0 Å². The lowest BCUT2D eigenvalue weighted by Crippen LogP contribution is -2.39. The van der Waals surface area contributed by atoms with E-state index in [1.165, 1.54) is 32.1 Å². The maximum atomic E-state index is 13.4. The Kier molecular flexibility index (Phi) is 5.86. The van der Waals surface area contributed by atoms with Gasteiger partial charge in [-0.3, -0.25) is 4.79 Å². The Morgan fingerprint density at radius 2 is 1.83 bits per heavy atom. The topological polar surface area (TPSA) is 42.0 Å². The fraction of sp³-hybridized carbons (Fsp3) is 0.360. The zero-order chi connectivity index (χ0) is 20.4. The summed E-state index contributed by atoms with van der Waals surface area (Å²) >= 11 is 6.23. The van der Waals surface area contributed by atoms with E-state index in [0.29, 0.717) is 16.5 Å². The highest BCUT2D eigenvalue weighted by Gasteiger charge is 2.24. The second-order valence-corrected chi connectivity index (χ2v) is 8.58. The Bertz CT molecular complexity index is 1030. The van der Waals surface area contributed by atoms with Crippen molar-refractivity contribution < 1.29 is 4.79 Å². The largest absolute Gasteiger partial charge is 0.349 e. The van der Waals surface area contributed by atoms with Crippen LogP contribution in [0.25, 0.3) is 22.2 Å². The number of nitrogens with zero attached hydrogens (tertiary/aromatic N) is 1. The first-order chi connectivity index (χ1) is 14.0. The molecule has 0 saturated heterocycles. The van der Waals surface area contributed by atoms with Gasteiger partial charge >= 0.3 is 0 Å². The average molecular weight is 407 g/mol. The molecule has 2 aromatic carbocycles. The van der Waals surface area contributed by atoms with E-state index < -0.39 is 0 Å². The summed E-state index contributed by atoms with van der Waals surface area (Å²) in [7, 11) is 0.